The van der Waals surface area contributed by atoms with Gasteiger partial charge in [0.15, 0.2) is 5.79 Å². The molecule has 0 radical (unpaired) electrons. The second-order valence-corrected chi connectivity index (χ2v) is 6.32. The molecule has 2 saturated heterocycles. The fourth-order valence-corrected chi connectivity index (χ4v) is 3.50. The molecule has 5 nitrogen and oxygen atoms in total. The molecule has 2 fully saturated rings. The summed E-state index contributed by atoms with van der Waals surface area (Å²) in [7, 11) is 0. The van der Waals surface area contributed by atoms with Crippen molar-refractivity contribution in [2.75, 3.05) is 0 Å². The Morgan fingerprint density at radius 3 is 2.47 bits per heavy atom. The van der Waals surface area contributed by atoms with E-state index in [9.17, 15) is 9.90 Å². The summed E-state index contributed by atoms with van der Waals surface area (Å²) in [5.74, 6) is -1.12. The second kappa shape index (κ2) is 5.04. The third kappa shape index (κ3) is 3.68. The van der Waals surface area contributed by atoms with Gasteiger partial charge >= 0.3 is 5.97 Å². The molecule has 0 bridgehead atoms. The lowest BCUT2D eigenvalue weighted by atomic mass is 9.83. The number of carbonyl (C=O) groups is 1. The number of hydrogen-bond donors (Lipinski definition) is 1. The number of carbonyl (C=O) groups excluding carboxylic acids is 1. The lowest BCUT2D eigenvalue weighted by Gasteiger charge is -2.50. The molecular weight excluding hydrogens is 248 g/mol. The minimum absolute atomic E-state index is 0.0563. The van der Waals surface area contributed by atoms with Crippen molar-refractivity contribution in [3.63, 3.8) is 0 Å². The van der Waals surface area contributed by atoms with E-state index in [4.69, 9.17) is 14.2 Å². The van der Waals surface area contributed by atoms with Crippen molar-refractivity contribution in [1.82, 2.24) is 0 Å². The molecule has 0 amide bonds. The maximum absolute atomic E-state index is 11.1. The van der Waals surface area contributed by atoms with Gasteiger partial charge in [-0.2, -0.15) is 0 Å². The van der Waals surface area contributed by atoms with Gasteiger partial charge in [0.25, 0.3) is 0 Å². The van der Waals surface area contributed by atoms with Crippen LogP contribution in [0.5, 0.6) is 0 Å². The Kier molecular flexibility index (Phi) is 3.91. The molecule has 5 atom stereocenters. The van der Waals surface area contributed by atoms with Gasteiger partial charge in [-0.3, -0.25) is 4.79 Å². The Morgan fingerprint density at radius 1 is 1.26 bits per heavy atom. The number of hydrogen-bond acceptors (Lipinski definition) is 5. The number of aliphatic hydroxyl groups is 1. The average molecular weight is 272 g/mol. The smallest absolute Gasteiger partial charge is 0.302 e. The number of esters is 1. The van der Waals surface area contributed by atoms with Crippen LogP contribution in [0.15, 0.2) is 0 Å². The monoisotopic (exact) mass is 272 g/mol. The molecule has 0 aromatic heterocycles. The summed E-state index contributed by atoms with van der Waals surface area (Å²) in [6.45, 7) is 7.08. The Morgan fingerprint density at radius 2 is 1.89 bits per heavy atom. The van der Waals surface area contributed by atoms with Crippen LogP contribution in [-0.2, 0) is 19.0 Å². The van der Waals surface area contributed by atoms with Crippen LogP contribution in [0.1, 0.15) is 53.4 Å². The molecule has 1 spiro atoms. The zero-order valence-corrected chi connectivity index (χ0v) is 12.1. The van der Waals surface area contributed by atoms with Crippen molar-refractivity contribution in [1.29, 1.82) is 0 Å². The summed E-state index contributed by atoms with van der Waals surface area (Å²) in [6, 6.07) is 0. The molecule has 2 heterocycles. The van der Waals surface area contributed by atoms with Crippen LogP contribution < -0.4 is 0 Å². The average Bonchev–Trinajstić information content (AvgIpc) is 2.08. The fraction of sp³-hybridized carbons (Fsp3) is 0.929. The SMILES string of the molecule is CC(=O)O[C@@H]1C[C@@H](C)O[C@]2(C1)C[C@](C)(O)C[C@@H](C)O2. The number of ether oxygens (including phenoxy) is 3. The third-order valence-electron chi connectivity index (χ3n) is 3.68. The van der Waals surface area contributed by atoms with E-state index in [0.717, 1.165) is 0 Å². The Labute approximate surface area is 114 Å². The van der Waals surface area contributed by atoms with Crippen LogP contribution in [0.3, 0.4) is 0 Å². The molecule has 2 aliphatic rings. The van der Waals surface area contributed by atoms with Crippen molar-refractivity contribution < 1.29 is 24.1 Å². The summed E-state index contributed by atoms with van der Waals surface area (Å²) in [4.78, 5) is 11.1. The highest BCUT2D eigenvalue weighted by Crippen LogP contribution is 2.43. The van der Waals surface area contributed by atoms with Crippen LogP contribution in [-0.4, -0.2) is 40.8 Å². The minimum Gasteiger partial charge on any atom is -0.462 e. The molecule has 2 aliphatic heterocycles. The van der Waals surface area contributed by atoms with Crippen molar-refractivity contribution in [3.8, 4) is 0 Å². The van der Waals surface area contributed by atoms with E-state index in [-0.39, 0.29) is 24.3 Å². The summed E-state index contributed by atoms with van der Waals surface area (Å²) < 4.78 is 17.2. The summed E-state index contributed by atoms with van der Waals surface area (Å²) in [6.07, 6.45) is 1.81. The first-order valence-corrected chi connectivity index (χ1v) is 6.95. The molecule has 110 valence electrons. The Balaban J connectivity index is 2.14. The highest BCUT2D eigenvalue weighted by atomic mass is 16.7. The van der Waals surface area contributed by atoms with Crippen LogP contribution in [0.2, 0.25) is 0 Å². The van der Waals surface area contributed by atoms with E-state index in [1.807, 2.05) is 13.8 Å². The fourth-order valence-electron chi connectivity index (χ4n) is 3.50. The molecule has 2 rings (SSSR count). The molecule has 0 saturated carbocycles. The summed E-state index contributed by atoms with van der Waals surface area (Å²) in [5, 5.41) is 10.3. The zero-order valence-electron chi connectivity index (χ0n) is 12.1. The quantitative estimate of drug-likeness (QED) is 0.737. The predicted octanol–water partition coefficient (Wildman–Crippen LogP) is 1.76. The van der Waals surface area contributed by atoms with E-state index >= 15 is 0 Å². The molecule has 5 heteroatoms. The highest BCUT2D eigenvalue weighted by Gasteiger charge is 2.51. The van der Waals surface area contributed by atoms with Crippen molar-refractivity contribution >= 4 is 5.97 Å². The number of rotatable bonds is 1. The Hall–Kier alpha value is -0.650. The van der Waals surface area contributed by atoms with E-state index in [0.29, 0.717) is 25.7 Å². The van der Waals surface area contributed by atoms with Crippen LogP contribution in [0, 0.1) is 0 Å². The van der Waals surface area contributed by atoms with Gasteiger partial charge in [0.1, 0.15) is 6.10 Å². The van der Waals surface area contributed by atoms with Gasteiger partial charge in [-0.15, -0.1) is 0 Å². The van der Waals surface area contributed by atoms with E-state index in [2.05, 4.69) is 0 Å². The van der Waals surface area contributed by atoms with Gasteiger partial charge in [0.2, 0.25) is 0 Å². The molecule has 19 heavy (non-hydrogen) atoms. The summed E-state index contributed by atoms with van der Waals surface area (Å²) in [5.41, 5.74) is -0.810. The van der Waals surface area contributed by atoms with E-state index in [1.165, 1.54) is 6.92 Å². The van der Waals surface area contributed by atoms with Crippen LogP contribution in [0.4, 0.5) is 0 Å². The van der Waals surface area contributed by atoms with Gasteiger partial charge in [-0.05, 0) is 20.8 Å². The van der Waals surface area contributed by atoms with Crippen molar-refractivity contribution in [2.45, 2.75) is 83.1 Å². The molecular formula is C14H24O5. The van der Waals surface area contributed by atoms with Gasteiger partial charge < -0.3 is 19.3 Å². The predicted molar refractivity (Wildman–Crippen MR) is 68.5 cm³/mol. The summed E-state index contributed by atoms with van der Waals surface area (Å²) >= 11 is 0. The van der Waals surface area contributed by atoms with Gasteiger partial charge in [-0.25, -0.2) is 0 Å². The molecule has 0 unspecified atom stereocenters. The maximum Gasteiger partial charge on any atom is 0.302 e. The normalized spacial score (nSPS) is 47.1. The first-order chi connectivity index (χ1) is 8.70. The van der Waals surface area contributed by atoms with Gasteiger partial charge in [-0.1, -0.05) is 0 Å². The first kappa shape index (κ1) is 14.8. The minimum atomic E-state index is -0.834. The van der Waals surface area contributed by atoms with Crippen LogP contribution in [0.25, 0.3) is 0 Å². The largest absolute Gasteiger partial charge is 0.462 e. The molecule has 0 aliphatic carbocycles. The lowest BCUT2D eigenvalue weighted by Crippen LogP contribution is -2.57. The molecule has 0 aromatic carbocycles. The van der Waals surface area contributed by atoms with Crippen LogP contribution >= 0.6 is 0 Å². The van der Waals surface area contributed by atoms with Crippen molar-refractivity contribution in [2.24, 2.45) is 0 Å². The third-order valence-corrected chi connectivity index (χ3v) is 3.68. The first-order valence-electron chi connectivity index (χ1n) is 6.95. The molecule has 0 aromatic rings. The highest BCUT2D eigenvalue weighted by molar-refractivity contribution is 5.66. The molecule has 1 N–H and O–H groups in total. The van der Waals surface area contributed by atoms with E-state index in [1.54, 1.807) is 6.92 Å². The Bertz CT molecular complexity index is 350. The topological polar surface area (TPSA) is 65.0 Å². The second-order valence-electron chi connectivity index (χ2n) is 6.32. The van der Waals surface area contributed by atoms with Gasteiger partial charge in [0.05, 0.1) is 17.8 Å². The van der Waals surface area contributed by atoms with Crippen molar-refractivity contribution in [3.05, 3.63) is 0 Å². The zero-order chi connectivity index (χ0) is 14.3. The van der Waals surface area contributed by atoms with Gasteiger partial charge in [0, 0.05) is 32.6 Å². The maximum atomic E-state index is 11.1. The standard InChI is InChI=1S/C14H24O5/c1-9-5-12(17-11(3)15)7-14(18-9)8-13(4,16)6-10(2)19-14/h9-10,12,16H,5-8H2,1-4H3/t9-,10-,12-,13-,14+/m1/s1. The lowest BCUT2D eigenvalue weighted by molar-refractivity contribution is -0.345. The van der Waals surface area contributed by atoms with E-state index < -0.39 is 11.4 Å².